The smallest absolute Gasteiger partial charge is 0.233 e. The lowest BCUT2D eigenvalue weighted by Crippen LogP contribution is -2.36. The van der Waals surface area contributed by atoms with Gasteiger partial charge in [-0.05, 0) is 43.2 Å². The number of hydrogen-bond donors (Lipinski definition) is 1. The van der Waals surface area contributed by atoms with Crippen LogP contribution in [0.2, 0.25) is 0 Å². The van der Waals surface area contributed by atoms with Crippen molar-refractivity contribution in [3.8, 4) is 0 Å². The van der Waals surface area contributed by atoms with Crippen LogP contribution in [-0.4, -0.2) is 29.2 Å². The number of carbonyl (C=O) groups is 3. The topological polar surface area (TPSA) is 66.5 Å². The van der Waals surface area contributed by atoms with Gasteiger partial charge in [-0.25, -0.2) is 0 Å². The van der Waals surface area contributed by atoms with Crippen molar-refractivity contribution in [3.63, 3.8) is 0 Å². The molecule has 0 aromatic heterocycles. The van der Waals surface area contributed by atoms with E-state index in [2.05, 4.69) is 31.3 Å². The van der Waals surface area contributed by atoms with Gasteiger partial charge in [0.15, 0.2) is 0 Å². The molecule has 3 atom stereocenters. The van der Waals surface area contributed by atoms with E-state index in [9.17, 15) is 14.4 Å². The van der Waals surface area contributed by atoms with Crippen LogP contribution in [0.15, 0.2) is 36.4 Å². The zero-order valence-electron chi connectivity index (χ0n) is 17.0. The predicted octanol–water partition coefficient (Wildman–Crippen LogP) is 3.40. The third kappa shape index (κ3) is 4.51. The van der Waals surface area contributed by atoms with E-state index in [0.29, 0.717) is 18.8 Å². The Balaban J connectivity index is 1.50. The molecule has 3 amide bonds. The maximum absolute atomic E-state index is 12.5. The number of amides is 3. The van der Waals surface area contributed by atoms with Gasteiger partial charge in [0.1, 0.15) is 0 Å². The molecule has 2 aliphatic rings. The van der Waals surface area contributed by atoms with E-state index in [4.69, 9.17) is 0 Å². The van der Waals surface area contributed by atoms with Gasteiger partial charge in [-0.15, -0.1) is 0 Å². The van der Waals surface area contributed by atoms with Crippen molar-refractivity contribution < 1.29 is 14.4 Å². The summed E-state index contributed by atoms with van der Waals surface area (Å²) in [7, 11) is 0. The van der Waals surface area contributed by atoms with Gasteiger partial charge in [0.2, 0.25) is 17.7 Å². The van der Waals surface area contributed by atoms with Gasteiger partial charge in [-0.1, -0.05) is 50.3 Å². The normalized spacial score (nSPS) is 22.5. The number of allylic oxidation sites excluding steroid dienone is 2. The van der Waals surface area contributed by atoms with E-state index in [-0.39, 0.29) is 48.6 Å². The number of nitrogens with one attached hydrogen (secondary N) is 1. The largest absolute Gasteiger partial charge is 0.350 e. The second-order valence-corrected chi connectivity index (χ2v) is 8.36. The van der Waals surface area contributed by atoms with Crippen LogP contribution >= 0.6 is 0 Å². The Bertz CT molecular complexity index is 741. The van der Waals surface area contributed by atoms with Crippen molar-refractivity contribution in [2.45, 2.75) is 52.5 Å². The van der Waals surface area contributed by atoms with Gasteiger partial charge in [0.05, 0.1) is 17.9 Å². The zero-order chi connectivity index (χ0) is 20.3. The van der Waals surface area contributed by atoms with E-state index in [1.165, 1.54) is 10.5 Å². The van der Waals surface area contributed by atoms with Crippen LogP contribution in [0.25, 0.3) is 0 Å². The summed E-state index contributed by atoms with van der Waals surface area (Å²) < 4.78 is 0. The third-order valence-electron chi connectivity index (χ3n) is 5.66. The summed E-state index contributed by atoms with van der Waals surface area (Å²) >= 11 is 0. The van der Waals surface area contributed by atoms with Crippen molar-refractivity contribution >= 4 is 17.7 Å². The monoisotopic (exact) mass is 382 g/mol. The molecule has 3 rings (SSSR count). The molecule has 28 heavy (non-hydrogen) atoms. The number of carbonyl (C=O) groups excluding carboxylic acids is 3. The van der Waals surface area contributed by atoms with E-state index >= 15 is 0 Å². The Hall–Kier alpha value is -2.43. The quantitative estimate of drug-likeness (QED) is 0.581. The number of fused-ring (bicyclic) bond motifs is 1. The minimum absolute atomic E-state index is 0.114. The summed E-state index contributed by atoms with van der Waals surface area (Å²) in [6.07, 6.45) is 6.37. The molecule has 1 N–H and O–H groups in total. The summed E-state index contributed by atoms with van der Waals surface area (Å²) in [5, 5.41) is 2.97. The van der Waals surface area contributed by atoms with Crippen LogP contribution in [0, 0.1) is 17.8 Å². The van der Waals surface area contributed by atoms with Crippen LogP contribution in [0.4, 0.5) is 0 Å². The van der Waals surface area contributed by atoms with Crippen molar-refractivity contribution in [1.29, 1.82) is 0 Å². The molecule has 1 fully saturated rings. The van der Waals surface area contributed by atoms with Crippen LogP contribution in [0.5, 0.6) is 0 Å². The third-order valence-corrected chi connectivity index (χ3v) is 5.66. The Kier molecular flexibility index (Phi) is 6.32. The molecule has 0 spiro atoms. The van der Waals surface area contributed by atoms with Gasteiger partial charge >= 0.3 is 0 Å². The maximum atomic E-state index is 12.5. The zero-order valence-corrected chi connectivity index (χ0v) is 17.0. The number of nitrogens with zero attached hydrogens (tertiary/aromatic N) is 1. The second-order valence-electron chi connectivity index (χ2n) is 8.36. The molecule has 5 heteroatoms. The van der Waals surface area contributed by atoms with Gasteiger partial charge in [0, 0.05) is 13.0 Å². The van der Waals surface area contributed by atoms with Crippen LogP contribution in [-0.2, 0) is 20.8 Å². The highest BCUT2D eigenvalue weighted by molar-refractivity contribution is 6.05. The lowest BCUT2D eigenvalue weighted by Gasteiger charge is -2.17. The van der Waals surface area contributed by atoms with Crippen molar-refractivity contribution in [3.05, 3.63) is 47.5 Å². The first-order valence-electron chi connectivity index (χ1n) is 10.2. The molecule has 1 saturated heterocycles. The highest BCUT2D eigenvalue weighted by Gasteiger charge is 2.46. The molecule has 0 radical (unpaired) electrons. The number of likely N-dealkylation sites (tertiary alicyclic amines) is 1. The fraction of sp³-hybridized carbons (Fsp3) is 0.522. The summed E-state index contributed by atoms with van der Waals surface area (Å²) in [5.41, 5.74) is 2.34. The lowest BCUT2D eigenvalue weighted by molar-refractivity contribution is -0.140. The van der Waals surface area contributed by atoms with Crippen LogP contribution in [0.3, 0.4) is 0 Å². The Morgan fingerprint density at radius 1 is 1.04 bits per heavy atom. The maximum Gasteiger partial charge on any atom is 0.233 e. The molecular weight excluding hydrogens is 352 g/mol. The average Bonchev–Trinajstić information content (AvgIpc) is 2.91. The Morgan fingerprint density at radius 2 is 1.61 bits per heavy atom. The summed E-state index contributed by atoms with van der Waals surface area (Å²) in [4.78, 5) is 38.5. The molecule has 0 saturated carbocycles. The molecule has 1 aromatic carbocycles. The van der Waals surface area contributed by atoms with E-state index < -0.39 is 0 Å². The highest BCUT2D eigenvalue weighted by Crippen LogP contribution is 2.35. The first kappa shape index (κ1) is 20.3. The van der Waals surface area contributed by atoms with Crippen molar-refractivity contribution in [1.82, 2.24) is 10.2 Å². The predicted molar refractivity (Wildman–Crippen MR) is 108 cm³/mol. The van der Waals surface area contributed by atoms with Crippen LogP contribution in [0.1, 0.15) is 57.2 Å². The average molecular weight is 383 g/mol. The standard InChI is InChI=1S/C23H30N2O3/c1-15(2)14-17-8-10-18(11-9-17)16(3)24-21(26)12-13-25-22(27)19-6-4-5-7-20(19)23(25)28/h4-5,8-11,15-16,19-20H,6-7,12-14H2,1-3H3,(H,24,26)/t16-,19-,20+/m1/s1. The highest BCUT2D eigenvalue weighted by atomic mass is 16.2. The molecule has 0 bridgehead atoms. The van der Waals surface area contributed by atoms with Crippen molar-refractivity contribution in [2.75, 3.05) is 6.54 Å². The van der Waals surface area contributed by atoms with E-state index in [1.807, 2.05) is 31.2 Å². The first-order valence-corrected chi connectivity index (χ1v) is 10.2. The number of rotatable bonds is 7. The summed E-state index contributed by atoms with van der Waals surface area (Å²) in [6, 6.07) is 8.20. The van der Waals surface area contributed by atoms with Gasteiger partial charge in [0.25, 0.3) is 0 Å². The van der Waals surface area contributed by atoms with E-state index in [0.717, 1.165) is 12.0 Å². The molecule has 1 aliphatic heterocycles. The SMILES string of the molecule is CC(C)Cc1ccc([C@@H](C)NC(=O)CCN2C(=O)[C@H]3CC=CC[C@H]3C2=O)cc1. The molecule has 150 valence electrons. The Labute approximate surface area is 167 Å². The van der Waals surface area contributed by atoms with E-state index in [1.54, 1.807) is 0 Å². The Morgan fingerprint density at radius 3 is 2.14 bits per heavy atom. The molecule has 0 unspecified atom stereocenters. The summed E-state index contributed by atoms with van der Waals surface area (Å²) in [5.74, 6) is -0.250. The van der Waals surface area contributed by atoms with Crippen molar-refractivity contribution in [2.24, 2.45) is 17.8 Å². The van der Waals surface area contributed by atoms with Gasteiger partial charge in [-0.3, -0.25) is 19.3 Å². The summed E-state index contributed by atoms with van der Waals surface area (Å²) in [6.45, 7) is 6.49. The second kappa shape index (κ2) is 8.72. The molecular formula is C23H30N2O3. The minimum atomic E-state index is -0.233. The minimum Gasteiger partial charge on any atom is -0.350 e. The fourth-order valence-corrected chi connectivity index (χ4v) is 4.11. The molecule has 1 heterocycles. The number of benzene rings is 1. The molecule has 1 aliphatic carbocycles. The molecule has 5 nitrogen and oxygen atoms in total. The number of hydrogen-bond acceptors (Lipinski definition) is 3. The van der Waals surface area contributed by atoms with Crippen LogP contribution < -0.4 is 5.32 Å². The lowest BCUT2D eigenvalue weighted by atomic mass is 9.85. The fourth-order valence-electron chi connectivity index (χ4n) is 4.11. The number of imide groups is 1. The molecule has 1 aromatic rings. The van der Waals surface area contributed by atoms with Gasteiger partial charge in [-0.2, -0.15) is 0 Å². The van der Waals surface area contributed by atoms with Gasteiger partial charge < -0.3 is 5.32 Å². The first-order chi connectivity index (χ1) is 13.4.